The fraction of sp³-hybridized carbons (Fsp3) is 0.917. The minimum atomic E-state index is -0.0273. The van der Waals surface area contributed by atoms with Crippen molar-refractivity contribution in [1.29, 1.82) is 0 Å². The molecule has 88 valence electrons. The van der Waals surface area contributed by atoms with Crippen LogP contribution in [0.3, 0.4) is 0 Å². The number of rotatable bonds is 2. The normalized spacial score (nSPS) is 29.3. The lowest BCUT2D eigenvalue weighted by molar-refractivity contribution is -0.137. The Morgan fingerprint density at radius 3 is 2.13 bits per heavy atom. The summed E-state index contributed by atoms with van der Waals surface area (Å²) in [5, 5.41) is 0. The molecule has 1 amide bonds. The van der Waals surface area contributed by atoms with Gasteiger partial charge in [0.05, 0.1) is 4.83 Å². The maximum atomic E-state index is 12.2. The number of halogens is 1. The van der Waals surface area contributed by atoms with Crippen molar-refractivity contribution in [2.75, 3.05) is 0 Å². The average molecular weight is 276 g/mol. The second kappa shape index (κ2) is 5.33. The molecule has 0 aliphatic carbocycles. The maximum Gasteiger partial charge on any atom is 0.237 e. The third-order valence-electron chi connectivity index (χ3n) is 3.27. The monoisotopic (exact) mass is 275 g/mol. The van der Waals surface area contributed by atoms with Gasteiger partial charge in [0.1, 0.15) is 0 Å². The smallest absolute Gasteiger partial charge is 0.237 e. The molecule has 1 heterocycles. The molecule has 0 N–H and O–H groups in total. The fourth-order valence-electron chi connectivity index (χ4n) is 2.28. The van der Waals surface area contributed by atoms with Crippen LogP contribution in [0, 0.1) is 5.92 Å². The summed E-state index contributed by atoms with van der Waals surface area (Å²) >= 11 is 3.51. The second-order valence-corrected chi connectivity index (χ2v) is 6.01. The Morgan fingerprint density at radius 2 is 1.73 bits per heavy atom. The molecule has 1 rings (SSSR count). The Kier molecular flexibility index (Phi) is 4.63. The highest BCUT2D eigenvalue weighted by Gasteiger charge is 2.33. The molecule has 1 aliphatic heterocycles. The summed E-state index contributed by atoms with van der Waals surface area (Å²) < 4.78 is 0. The predicted molar refractivity (Wildman–Crippen MR) is 67.2 cm³/mol. The molecule has 2 nitrogen and oxygen atoms in total. The number of likely N-dealkylation sites (tertiary alicyclic amines) is 1. The molecule has 3 heteroatoms. The van der Waals surface area contributed by atoms with Crippen LogP contribution in [0.5, 0.6) is 0 Å². The number of alkyl halides is 1. The molecule has 0 aromatic rings. The van der Waals surface area contributed by atoms with E-state index in [0.29, 0.717) is 18.0 Å². The van der Waals surface area contributed by atoms with E-state index in [1.54, 1.807) is 0 Å². The quantitative estimate of drug-likeness (QED) is 0.709. The first-order chi connectivity index (χ1) is 6.95. The molecule has 1 saturated heterocycles. The number of nitrogens with zero attached hydrogens (tertiary/aromatic N) is 1. The number of hydrogen-bond acceptors (Lipinski definition) is 1. The Labute approximate surface area is 102 Å². The first-order valence-electron chi connectivity index (χ1n) is 5.91. The van der Waals surface area contributed by atoms with Crippen LogP contribution in [0.4, 0.5) is 0 Å². The molecule has 15 heavy (non-hydrogen) atoms. The number of amides is 1. The van der Waals surface area contributed by atoms with Crippen LogP contribution in [0.25, 0.3) is 0 Å². The molecule has 0 saturated carbocycles. The third-order valence-corrected chi connectivity index (χ3v) is 4.72. The van der Waals surface area contributed by atoms with Crippen molar-refractivity contribution in [3.05, 3.63) is 0 Å². The van der Waals surface area contributed by atoms with Gasteiger partial charge in [0, 0.05) is 12.1 Å². The van der Waals surface area contributed by atoms with E-state index < -0.39 is 0 Å². The van der Waals surface area contributed by atoms with Crippen LogP contribution >= 0.6 is 15.9 Å². The lowest BCUT2D eigenvalue weighted by atomic mass is 9.96. The van der Waals surface area contributed by atoms with Gasteiger partial charge in [-0.15, -0.1) is 0 Å². The molecule has 0 spiro atoms. The first kappa shape index (κ1) is 13.0. The van der Waals surface area contributed by atoms with Gasteiger partial charge < -0.3 is 4.90 Å². The second-order valence-electron chi connectivity index (χ2n) is 5.02. The summed E-state index contributed by atoms with van der Waals surface area (Å²) in [4.78, 5) is 14.3. The van der Waals surface area contributed by atoms with E-state index in [2.05, 4.69) is 48.5 Å². The van der Waals surface area contributed by atoms with Gasteiger partial charge >= 0.3 is 0 Å². The van der Waals surface area contributed by atoms with E-state index >= 15 is 0 Å². The Balaban J connectivity index is 2.71. The third kappa shape index (κ3) is 2.96. The van der Waals surface area contributed by atoms with Crippen molar-refractivity contribution in [3.63, 3.8) is 0 Å². The van der Waals surface area contributed by atoms with E-state index in [9.17, 15) is 4.79 Å². The lowest BCUT2D eigenvalue weighted by Crippen LogP contribution is -2.51. The largest absolute Gasteiger partial charge is 0.336 e. The van der Waals surface area contributed by atoms with Crippen molar-refractivity contribution in [2.45, 2.75) is 63.9 Å². The van der Waals surface area contributed by atoms with Gasteiger partial charge in [-0.25, -0.2) is 0 Å². The summed E-state index contributed by atoms with van der Waals surface area (Å²) in [5.74, 6) is 0.628. The molecule has 1 aliphatic rings. The molecule has 3 atom stereocenters. The van der Waals surface area contributed by atoms with Crippen molar-refractivity contribution in [1.82, 2.24) is 4.90 Å². The van der Waals surface area contributed by atoms with Gasteiger partial charge in [-0.2, -0.15) is 0 Å². The van der Waals surface area contributed by atoms with Crippen molar-refractivity contribution < 1.29 is 4.79 Å². The first-order valence-corrected chi connectivity index (χ1v) is 6.83. The van der Waals surface area contributed by atoms with Crippen molar-refractivity contribution in [3.8, 4) is 0 Å². The lowest BCUT2D eigenvalue weighted by Gasteiger charge is -2.40. The number of hydrogen-bond donors (Lipinski definition) is 0. The van der Waals surface area contributed by atoms with Crippen LogP contribution in [0.15, 0.2) is 0 Å². The minimum absolute atomic E-state index is 0.0273. The van der Waals surface area contributed by atoms with E-state index in [-0.39, 0.29) is 10.7 Å². The fourth-order valence-corrected chi connectivity index (χ4v) is 2.52. The van der Waals surface area contributed by atoms with Crippen LogP contribution < -0.4 is 0 Å². The molecule has 0 bridgehead atoms. The highest BCUT2D eigenvalue weighted by atomic mass is 79.9. The molecule has 1 unspecified atom stereocenters. The summed E-state index contributed by atoms with van der Waals surface area (Å²) in [6.45, 7) is 8.48. The molecule has 0 aromatic carbocycles. The van der Waals surface area contributed by atoms with Gasteiger partial charge in [-0.1, -0.05) is 29.8 Å². The van der Waals surface area contributed by atoms with E-state index in [0.717, 1.165) is 12.8 Å². The van der Waals surface area contributed by atoms with Crippen LogP contribution in [0.1, 0.15) is 47.0 Å². The zero-order valence-corrected chi connectivity index (χ0v) is 11.8. The summed E-state index contributed by atoms with van der Waals surface area (Å²) in [6.07, 6.45) is 3.54. The van der Waals surface area contributed by atoms with E-state index in [1.165, 1.54) is 6.42 Å². The topological polar surface area (TPSA) is 20.3 Å². The standard InChI is InChI=1S/C12H22BrNO/c1-8(2)11(13)12(15)14-9(3)6-5-7-10(14)4/h8-11H,5-7H2,1-4H3/t9-,10+,11?. The van der Waals surface area contributed by atoms with Crippen molar-refractivity contribution >= 4 is 21.8 Å². The minimum Gasteiger partial charge on any atom is -0.336 e. The van der Waals surface area contributed by atoms with Gasteiger partial charge in [0.15, 0.2) is 0 Å². The molecule has 0 aromatic heterocycles. The molecular formula is C12H22BrNO. The summed E-state index contributed by atoms with van der Waals surface area (Å²) in [7, 11) is 0. The molecular weight excluding hydrogens is 254 g/mol. The maximum absolute atomic E-state index is 12.2. The van der Waals surface area contributed by atoms with Gasteiger partial charge in [-0.05, 0) is 39.0 Å². The Morgan fingerprint density at radius 1 is 1.27 bits per heavy atom. The number of carbonyl (C=O) groups excluding carboxylic acids is 1. The van der Waals surface area contributed by atoms with Gasteiger partial charge in [0.2, 0.25) is 5.91 Å². The number of carbonyl (C=O) groups is 1. The van der Waals surface area contributed by atoms with E-state index in [1.807, 2.05) is 0 Å². The Bertz CT molecular complexity index is 220. The zero-order chi connectivity index (χ0) is 11.6. The van der Waals surface area contributed by atoms with Gasteiger partial charge in [-0.3, -0.25) is 4.79 Å². The molecule has 1 fully saturated rings. The summed E-state index contributed by atoms with van der Waals surface area (Å²) in [6, 6.07) is 0.806. The predicted octanol–water partition coefficient (Wildman–Crippen LogP) is 3.20. The highest BCUT2D eigenvalue weighted by Crippen LogP contribution is 2.26. The molecule has 0 radical (unpaired) electrons. The van der Waals surface area contributed by atoms with Crippen molar-refractivity contribution in [2.24, 2.45) is 5.92 Å². The number of piperidine rings is 1. The van der Waals surface area contributed by atoms with Crippen LogP contribution in [0.2, 0.25) is 0 Å². The summed E-state index contributed by atoms with van der Waals surface area (Å²) in [5.41, 5.74) is 0. The van der Waals surface area contributed by atoms with Crippen LogP contribution in [-0.2, 0) is 4.79 Å². The van der Waals surface area contributed by atoms with Gasteiger partial charge in [0.25, 0.3) is 0 Å². The van der Waals surface area contributed by atoms with E-state index in [4.69, 9.17) is 0 Å². The Hall–Kier alpha value is -0.0500. The average Bonchev–Trinajstić information content (AvgIpc) is 2.15. The highest BCUT2D eigenvalue weighted by molar-refractivity contribution is 9.10. The SMILES string of the molecule is CC(C)C(Br)C(=O)N1[C@H](C)CCC[C@@H]1C. The zero-order valence-electron chi connectivity index (χ0n) is 10.2. The van der Waals surface area contributed by atoms with Crippen LogP contribution in [-0.4, -0.2) is 27.7 Å².